The van der Waals surface area contributed by atoms with Crippen molar-refractivity contribution < 1.29 is 9.63 Å². The van der Waals surface area contributed by atoms with Crippen molar-refractivity contribution in [3.8, 4) is 17.1 Å². The Bertz CT molecular complexity index is 515. The first kappa shape index (κ1) is 11.2. The average molecular weight is 245 g/mol. The molecule has 1 aliphatic rings. The van der Waals surface area contributed by atoms with Crippen LogP contribution in [0.5, 0.6) is 5.75 Å². The van der Waals surface area contributed by atoms with Crippen LogP contribution < -0.4 is 5.32 Å². The maximum absolute atomic E-state index is 9.24. The summed E-state index contributed by atoms with van der Waals surface area (Å²) in [6.45, 7) is 1.00. The number of hydrogen-bond donors (Lipinski definition) is 2. The molecule has 2 heterocycles. The molecular formula is C13H15N3O2. The van der Waals surface area contributed by atoms with Gasteiger partial charge in [0.1, 0.15) is 5.75 Å². The van der Waals surface area contributed by atoms with Gasteiger partial charge in [0.25, 0.3) is 0 Å². The van der Waals surface area contributed by atoms with Crippen molar-refractivity contribution in [1.29, 1.82) is 0 Å². The normalized spacial score (nSPS) is 19.9. The third kappa shape index (κ3) is 2.22. The molecule has 0 aliphatic carbocycles. The van der Waals surface area contributed by atoms with Crippen molar-refractivity contribution in [1.82, 2.24) is 15.5 Å². The molecule has 0 saturated carbocycles. The van der Waals surface area contributed by atoms with Crippen LogP contribution in [0.25, 0.3) is 11.4 Å². The number of nitrogens with zero attached hydrogens (tertiary/aromatic N) is 2. The van der Waals surface area contributed by atoms with Crippen LogP contribution in [0.1, 0.15) is 31.2 Å². The smallest absolute Gasteiger partial charge is 0.244 e. The number of rotatable bonds is 2. The number of nitrogens with one attached hydrogen (secondary N) is 1. The van der Waals surface area contributed by atoms with E-state index in [0.29, 0.717) is 11.7 Å². The molecule has 18 heavy (non-hydrogen) atoms. The summed E-state index contributed by atoms with van der Waals surface area (Å²) in [6.07, 6.45) is 3.43. The van der Waals surface area contributed by atoms with Crippen molar-refractivity contribution in [2.75, 3.05) is 6.54 Å². The molecule has 2 N–H and O–H groups in total. The molecule has 2 aromatic rings. The summed E-state index contributed by atoms with van der Waals surface area (Å²) < 4.78 is 5.30. The van der Waals surface area contributed by atoms with Gasteiger partial charge in [0.15, 0.2) is 0 Å². The summed E-state index contributed by atoms with van der Waals surface area (Å²) >= 11 is 0. The van der Waals surface area contributed by atoms with Crippen LogP contribution in [0.15, 0.2) is 28.8 Å². The highest BCUT2D eigenvalue weighted by Crippen LogP contribution is 2.24. The molecule has 0 bridgehead atoms. The highest BCUT2D eigenvalue weighted by atomic mass is 16.5. The quantitative estimate of drug-likeness (QED) is 0.849. The minimum atomic E-state index is 0.178. The summed E-state index contributed by atoms with van der Waals surface area (Å²) in [5.74, 6) is 1.45. The first-order chi connectivity index (χ1) is 8.83. The second-order valence-corrected chi connectivity index (χ2v) is 4.51. The lowest BCUT2D eigenvalue weighted by Crippen LogP contribution is -2.26. The molecule has 0 unspecified atom stereocenters. The molecule has 1 atom stereocenters. The Balaban J connectivity index is 1.82. The molecule has 5 nitrogen and oxygen atoms in total. The molecule has 1 fully saturated rings. The molecule has 0 radical (unpaired) electrons. The second-order valence-electron chi connectivity index (χ2n) is 4.51. The topological polar surface area (TPSA) is 71.2 Å². The first-order valence-electron chi connectivity index (χ1n) is 6.19. The van der Waals surface area contributed by atoms with Crippen LogP contribution in [0.4, 0.5) is 0 Å². The van der Waals surface area contributed by atoms with Gasteiger partial charge in [0.2, 0.25) is 11.7 Å². The lowest BCUT2D eigenvalue weighted by Gasteiger charge is -2.19. The number of phenolic OH excluding ortho intramolecular Hbond substituents is 1. The summed E-state index contributed by atoms with van der Waals surface area (Å²) in [5.41, 5.74) is 0.846. The number of aromatic nitrogens is 2. The van der Waals surface area contributed by atoms with Gasteiger partial charge >= 0.3 is 0 Å². The molecule has 5 heteroatoms. The van der Waals surface area contributed by atoms with E-state index < -0.39 is 0 Å². The SMILES string of the molecule is Oc1ccc(-c2noc([C@H]3CCCCN3)n2)cc1. The third-order valence-corrected chi connectivity index (χ3v) is 3.18. The fourth-order valence-electron chi connectivity index (χ4n) is 2.17. The van der Waals surface area contributed by atoms with Crippen LogP contribution in [0.2, 0.25) is 0 Å². The van der Waals surface area contributed by atoms with E-state index in [1.807, 2.05) is 0 Å². The van der Waals surface area contributed by atoms with Gasteiger partial charge in [-0.3, -0.25) is 0 Å². The Morgan fingerprint density at radius 1 is 1.22 bits per heavy atom. The van der Waals surface area contributed by atoms with Crippen molar-refractivity contribution in [3.05, 3.63) is 30.2 Å². The monoisotopic (exact) mass is 245 g/mol. The number of aromatic hydroxyl groups is 1. The van der Waals surface area contributed by atoms with Crippen LogP contribution in [-0.2, 0) is 0 Å². The van der Waals surface area contributed by atoms with Gasteiger partial charge in [-0.1, -0.05) is 11.6 Å². The zero-order valence-corrected chi connectivity index (χ0v) is 9.97. The number of phenols is 1. The third-order valence-electron chi connectivity index (χ3n) is 3.18. The maximum atomic E-state index is 9.24. The van der Waals surface area contributed by atoms with Crippen molar-refractivity contribution in [2.45, 2.75) is 25.3 Å². The molecule has 0 amide bonds. The van der Waals surface area contributed by atoms with Gasteiger partial charge < -0.3 is 14.9 Å². The predicted molar refractivity (Wildman–Crippen MR) is 66.0 cm³/mol. The Morgan fingerprint density at radius 2 is 2.06 bits per heavy atom. The van der Waals surface area contributed by atoms with E-state index in [-0.39, 0.29) is 11.8 Å². The molecule has 1 aromatic heterocycles. The lowest BCUT2D eigenvalue weighted by molar-refractivity contribution is 0.297. The van der Waals surface area contributed by atoms with Crippen molar-refractivity contribution >= 4 is 0 Å². The van der Waals surface area contributed by atoms with E-state index in [9.17, 15) is 5.11 Å². The lowest BCUT2D eigenvalue weighted by atomic mass is 10.1. The van der Waals surface area contributed by atoms with Crippen molar-refractivity contribution in [2.24, 2.45) is 0 Å². The summed E-state index contributed by atoms with van der Waals surface area (Å²) in [5, 5.41) is 16.6. The maximum Gasteiger partial charge on any atom is 0.244 e. The summed E-state index contributed by atoms with van der Waals surface area (Å²) in [7, 11) is 0. The van der Waals surface area contributed by atoms with Crippen LogP contribution in [0, 0.1) is 0 Å². The predicted octanol–water partition coefficient (Wildman–Crippen LogP) is 2.26. The number of piperidine rings is 1. The minimum absolute atomic E-state index is 0.178. The fraction of sp³-hybridized carbons (Fsp3) is 0.385. The molecule has 94 valence electrons. The van der Waals surface area contributed by atoms with E-state index >= 15 is 0 Å². The van der Waals surface area contributed by atoms with Gasteiger partial charge in [-0.2, -0.15) is 4.98 Å². The standard InChI is InChI=1S/C13H15N3O2/c17-10-6-4-9(5-7-10)12-15-13(18-16-12)11-3-1-2-8-14-11/h4-7,11,14,17H,1-3,8H2/t11-/m1/s1. The van der Waals surface area contributed by atoms with Gasteiger partial charge in [-0.25, -0.2) is 0 Å². The fourth-order valence-corrected chi connectivity index (χ4v) is 2.17. The van der Waals surface area contributed by atoms with Gasteiger partial charge in [0.05, 0.1) is 6.04 Å². The molecular weight excluding hydrogens is 230 g/mol. The van der Waals surface area contributed by atoms with E-state index in [0.717, 1.165) is 18.5 Å². The second kappa shape index (κ2) is 4.78. The van der Waals surface area contributed by atoms with Gasteiger partial charge in [-0.15, -0.1) is 0 Å². The van der Waals surface area contributed by atoms with E-state index in [4.69, 9.17) is 4.52 Å². The Hall–Kier alpha value is -1.88. The number of hydrogen-bond acceptors (Lipinski definition) is 5. The molecule has 1 saturated heterocycles. The zero-order valence-electron chi connectivity index (χ0n) is 9.97. The Labute approximate surface area is 105 Å². The molecule has 0 spiro atoms. The van der Waals surface area contributed by atoms with E-state index in [1.165, 1.54) is 12.8 Å². The van der Waals surface area contributed by atoms with Crippen LogP contribution >= 0.6 is 0 Å². The molecule has 1 aromatic carbocycles. The minimum Gasteiger partial charge on any atom is -0.508 e. The highest BCUT2D eigenvalue weighted by Gasteiger charge is 2.21. The Morgan fingerprint density at radius 3 is 2.78 bits per heavy atom. The summed E-state index contributed by atoms with van der Waals surface area (Å²) in [6, 6.07) is 6.96. The molecule has 3 rings (SSSR count). The van der Waals surface area contributed by atoms with Crippen LogP contribution in [-0.4, -0.2) is 21.8 Å². The van der Waals surface area contributed by atoms with Crippen molar-refractivity contribution in [3.63, 3.8) is 0 Å². The van der Waals surface area contributed by atoms with E-state index in [2.05, 4.69) is 15.5 Å². The van der Waals surface area contributed by atoms with Crippen LogP contribution in [0.3, 0.4) is 0 Å². The van der Waals surface area contributed by atoms with E-state index in [1.54, 1.807) is 24.3 Å². The summed E-state index contributed by atoms with van der Waals surface area (Å²) in [4.78, 5) is 4.41. The Kier molecular flexibility index (Phi) is 2.98. The van der Waals surface area contributed by atoms with Gasteiger partial charge in [0, 0.05) is 5.56 Å². The highest BCUT2D eigenvalue weighted by molar-refractivity contribution is 5.55. The average Bonchev–Trinajstić information content (AvgIpc) is 2.90. The van der Waals surface area contributed by atoms with Gasteiger partial charge in [-0.05, 0) is 43.7 Å². The molecule has 1 aliphatic heterocycles. The largest absolute Gasteiger partial charge is 0.508 e. The first-order valence-corrected chi connectivity index (χ1v) is 6.19. The number of benzene rings is 1. The zero-order chi connectivity index (χ0) is 12.4.